The van der Waals surface area contributed by atoms with Crippen LogP contribution >= 0.6 is 0 Å². The molecule has 2 heteroatoms. The average molecular weight is 278 g/mol. The molecule has 1 aliphatic rings. The van der Waals surface area contributed by atoms with Crippen LogP contribution in [-0.2, 0) is 0 Å². The Kier molecular flexibility index (Phi) is 6.10. The number of likely N-dealkylation sites (tertiary alicyclic amines) is 1. The van der Waals surface area contributed by atoms with Crippen molar-refractivity contribution in [3.05, 3.63) is 0 Å². The van der Waals surface area contributed by atoms with E-state index in [0.717, 1.165) is 12.5 Å². The highest BCUT2D eigenvalue weighted by molar-refractivity contribution is 5.08. The maximum absolute atomic E-state index is 3.32. The third kappa shape index (κ3) is 6.77. The van der Waals surface area contributed by atoms with Crippen LogP contribution in [0.2, 0.25) is 0 Å². The third-order valence-corrected chi connectivity index (χ3v) is 3.95. The fraction of sp³-hybridized carbons (Fsp3) is 0.889. The molecule has 0 atom stereocenters. The summed E-state index contributed by atoms with van der Waals surface area (Å²) in [5.41, 5.74) is 0.452. The summed E-state index contributed by atoms with van der Waals surface area (Å²) in [7, 11) is 2.20. The van der Waals surface area contributed by atoms with Gasteiger partial charge in [0.1, 0.15) is 0 Å². The molecule has 0 bridgehead atoms. The number of hydrogen-bond donors (Lipinski definition) is 0. The summed E-state index contributed by atoms with van der Waals surface area (Å²) in [5.74, 6) is 7.47. The minimum absolute atomic E-state index is 0.124. The van der Waals surface area contributed by atoms with Crippen LogP contribution in [0.4, 0.5) is 0 Å². The second-order valence-corrected chi connectivity index (χ2v) is 8.35. The summed E-state index contributed by atoms with van der Waals surface area (Å²) >= 11 is 0. The first kappa shape index (κ1) is 17.5. The Balaban J connectivity index is 2.31. The summed E-state index contributed by atoms with van der Waals surface area (Å²) in [6.07, 6.45) is 2.66. The molecule has 0 spiro atoms. The van der Waals surface area contributed by atoms with Crippen LogP contribution in [-0.4, -0.2) is 48.6 Å². The topological polar surface area (TPSA) is 6.48 Å². The largest absolute Gasteiger partial charge is 0.298 e. The highest BCUT2D eigenvalue weighted by atomic mass is 15.2. The monoisotopic (exact) mass is 278 g/mol. The van der Waals surface area contributed by atoms with Gasteiger partial charge in [0, 0.05) is 17.5 Å². The lowest BCUT2D eigenvalue weighted by molar-refractivity contribution is 0.0790. The summed E-state index contributed by atoms with van der Waals surface area (Å²) in [4.78, 5) is 5.00. The van der Waals surface area contributed by atoms with Crippen LogP contribution in [0.5, 0.6) is 0 Å². The Morgan fingerprint density at radius 1 is 1.05 bits per heavy atom. The quantitative estimate of drug-likeness (QED) is 0.729. The molecule has 0 radical (unpaired) electrons. The van der Waals surface area contributed by atoms with E-state index in [1.54, 1.807) is 0 Å². The standard InChI is InChI=1S/C18H34N2/c1-17(2,3)11-8-12-19(7)15-16-9-13-20(14-10-16)18(4,5)6/h16H,9-10,12-15H2,1-7H3. The zero-order valence-electron chi connectivity index (χ0n) is 14.7. The fourth-order valence-corrected chi connectivity index (χ4v) is 2.73. The van der Waals surface area contributed by atoms with Gasteiger partial charge in [-0.1, -0.05) is 11.8 Å². The molecule has 0 aromatic rings. The molecule has 1 fully saturated rings. The molecule has 116 valence electrons. The van der Waals surface area contributed by atoms with Crippen molar-refractivity contribution in [2.75, 3.05) is 33.2 Å². The second kappa shape index (κ2) is 6.96. The van der Waals surface area contributed by atoms with E-state index < -0.39 is 0 Å². The molecule has 1 saturated heterocycles. The SMILES string of the molecule is CN(CC#CC(C)(C)C)CC1CCN(C(C)(C)C)CC1. The van der Waals surface area contributed by atoms with Gasteiger partial charge in [0.05, 0.1) is 6.54 Å². The van der Waals surface area contributed by atoms with Crippen molar-refractivity contribution in [1.82, 2.24) is 9.80 Å². The molecule has 0 unspecified atom stereocenters. The van der Waals surface area contributed by atoms with Crippen LogP contribution in [0.25, 0.3) is 0 Å². The Hall–Kier alpha value is -0.520. The van der Waals surface area contributed by atoms with Gasteiger partial charge in [0.2, 0.25) is 0 Å². The van der Waals surface area contributed by atoms with E-state index in [-0.39, 0.29) is 5.41 Å². The molecule has 1 aliphatic heterocycles. The van der Waals surface area contributed by atoms with Crippen LogP contribution in [0.3, 0.4) is 0 Å². The molecular formula is C18H34N2. The van der Waals surface area contributed by atoms with Crippen LogP contribution < -0.4 is 0 Å². The van der Waals surface area contributed by atoms with Crippen LogP contribution in [0, 0.1) is 23.2 Å². The summed E-state index contributed by atoms with van der Waals surface area (Å²) < 4.78 is 0. The van der Waals surface area contributed by atoms with Gasteiger partial charge in [-0.2, -0.15) is 0 Å². The lowest BCUT2D eigenvalue weighted by Gasteiger charge is -2.41. The Morgan fingerprint density at radius 2 is 1.60 bits per heavy atom. The zero-order valence-corrected chi connectivity index (χ0v) is 14.7. The normalized spacial score (nSPS) is 19.0. The third-order valence-electron chi connectivity index (χ3n) is 3.95. The fourth-order valence-electron chi connectivity index (χ4n) is 2.73. The average Bonchev–Trinajstić information content (AvgIpc) is 2.26. The van der Waals surface area contributed by atoms with Crippen molar-refractivity contribution in [2.24, 2.45) is 11.3 Å². The summed E-state index contributed by atoms with van der Waals surface area (Å²) in [6, 6.07) is 0. The molecule has 2 nitrogen and oxygen atoms in total. The molecule has 0 saturated carbocycles. The predicted octanol–water partition coefficient (Wildman–Crippen LogP) is 3.48. The van der Waals surface area contributed by atoms with Gasteiger partial charge in [-0.25, -0.2) is 0 Å². The lowest BCUT2D eigenvalue weighted by atomic mass is 9.92. The molecule has 1 heterocycles. The van der Waals surface area contributed by atoms with Crippen molar-refractivity contribution in [2.45, 2.75) is 59.9 Å². The Bertz CT molecular complexity index is 340. The predicted molar refractivity (Wildman–Crippen MR) is 88.8 cm³/mol. The van der Waals surface area contributed by atoms with Crippen LogP contribution in [0.1, 0.15) is 54.4 Å². The van der Waals surface area contributed by atoms with E-state index in [1.807, 2.05) is 0 Å². The highest BCUT2D eigenvalue weighted by Gasteiger charge is 2.27. The first-order chi connectivity index (χ1) is 9.08. The Morgan fingerprint density at radius 3 is 2.05 bits per heavy atom. The molecule has 0 amide bonds. The van der Waals surface area contributed by atoms with E-state index in [4.69, 9.17) is 0 Å². The van der Waals surface area contributed by atoms with Crippen molar-refractivity contribution < 1.29 is 0 Å². The van der Waals surface area contributed by atoms with Crippen molar-refractivity contribution in [1.29, 1.82) is 0 Å². The molecule has 1 rings (SSSR count). The highest BCUT2D eigenvalue weighted by Crippen LogP contribution is 2.24. The maximum atomic E-state index is 3.32. The lowest BCUT2D eigenvalue weighted by Crippen LogP contribution is -2.47. The molecule has 0 aliphatic carbocycles. The minimum Gasteiger partial charge on any atom is -0.298 e. The number of rotatable bonds is 3. The van der Waals surface area contributed by atoms with E-state index in [0.29, 0.717) is 5.54 Å². The smallest absolute Gasteiger partial charge is 0.0599 e. The second-order valence-electron chi connectivity index (χ2n) is 8.35. The van der Waals surface area contributed by atoms with E-state index in [2.05, 4.69) is 70.2 Å². The minimum atomic E-state index is 0.124. The number of nitrogens with zero attached hydrogens (tertiary/aromatic N) is 2. The summed E-state index contributed by atoms with van der Waals surface area (Å²) in [5, 5.41) is 0. The molecule has 0 aromatic carbocycles. The maximum Gasteiger partial charge on any atom is 0.0599 e. The van der Waals surface area contributed by atoms with Crippen molar-refractivity contribution in [3.8, 4) is 11.8 Å². The van der Waals surface area contributed by atoms with Crippen LogP contribution in [0.15, 0.2) is 0 Å². The van der Waals surface area contributed by atoms with E-state index in [9.17, 15) is 0 Å². The van der Waals surface area contributed by atoms with Gasteiger partial charge in [0.25, 0.3) is 0 Å². The van der Waals surface area contributed by atoms with E-state index >= 15 is 0 Å². The molecular weight excluding hydrogens is 244 g/mol. The van der Waals surface area contributed by atoms with Gasteiger partial charge < -0.3 is 0 Å². The van der Waals surface area contributed by atoms with Gasteiger partial charge in [-0.05, 0) is 80.4 Å². The molecule has 0 N–H and O–H groups in total. The van der Waals surface area contributed by atoms with Gasteiger partial charge in [-0.15, -0.1) is 0 Å². The number of piperidine rings is 1. The first-order valence-electron chi connectivity index (χ1n) is 8.01. The molecule has 20 heavy (non-hydrogen) atoms. The van der Waals surface area contributed by atoms with Crippen molar-refractivity contribution >= 4 is 0 Å². The molecule has 0 aromatic heterocycles. The zero-order chi connectivity index (χ0) is 15.4. The first-order valence-corrected chi connectivity index (χ1v) is 8.01. The number of hydrogen-bond acceptors (Lipinski definition) is 2. The van der Waals surface area contributed by atoms with E-state index in [1.165, 1.54) is 32.5 Å². The van der Waals surface area contributed by atoms with Crippen molar-refractivity contribution in [3.63, 3.8) is 0 Å². The summed E-state index contributed by atoms with van der Waals surface area (Å²) in [6.45, 7) is 18.1. The van der Waals surface area contributed by atoms with Gasteiger partial charge in [-0.3, -0.25) is 9.80 Å². The Labute approximate surface area is 126 Å². The van der Waals surface area contributed by atoms with Gasteiger partial charge in [0.15, 0.2) is 0 Å². The van der Waals surface area contributed by atoms with Gasteiger partial charge >= 0.3 is 0 Å².